The second-order valence-corrected chi connectivity index (χ2v) is 6.24. The van der Waals surface area contributed by atoms with Gasteiger partial charge in [0.2, 0.25) is 5.95 Å². The number of nitrogens with zero attached hydrogens (tertiary/aromatic N) is 3. The first-order chi connectivity index (χ1) is 12.1. The third kappa shape index (κ3) is 3.79. The van der Waals surface area contributed by atoms with Gasteiger partial charge in [-0.25, -0.2) is 9.97 Å². The Hall–Kier alpha value is -2.48. The van der Waals surface area contributed by atoms with Crippen molar-refractivity contribution in [2.75, 3.05) is 5.32 Å². The van der Waals surface area contributed by atoms with Crippen molar-refractivity contribution < 1.29 is 13.6 Å². The number of halogens is 2. The lowest BCUT2D eigenvalue weighted by Crippen LogP contribution is -2.17. The summed E-state index contributed by atoms with van der Waals surface area (Å²) in [6.07, 6.45) is 2.25. The first kappa shape index (κ1) is 17.3. The van der Waals surface area contributed by atoms with Crippen LogP contribution in [-0.2, 0) is 6.54 Å². The minimum Gasteiger partial charge on any atom is -0.310 e. The minimum atomic E-state index is -2.65. The molecule has 0 atom stereocenters. The number of para-hydroxylation sites is 2. The minimum absolute atomic E-state index is 0.00634. The van der Waals surface area contributed by atoms with E-state index in [0.29, 0.717) is 12.5 Å². The number of aromatic nitrogens is 3. The maximum Gasteiger partial charge on any atom is 0.290 e. The van der Waals surface area contributed by atoms with Gasteiger partial charge in [-0.3, -0.25) is 10.1 Å². The van der Waals surface area contributed by atoms with Crippen molar-refractivity contribution in [3.05, 3.63) is 48.2 Å². The predicted octanol–water partition coefficient (Wildman–Crippen LogP) is 4.41. The highest BCUT2D eigenvalue weighted by Gasteiger charge is 2.19. The summed E-state index contributed by atoms with van der Waals surface area (Å²) in [5, 5.41) is 2.72. The lowest BCUT2D eigenvalue weighted by atomic mass is 10.3. The van der Waals surface area contributed by atoms with Crippen molar-refractivity contribution in [2.24, 2.45) is 0 Å². The SMILES string of the molecule is CCCn1c(NC(=O)c2cccnc2SC(F)F)nc2ccccc21. The number of aryl methyl sites for hydroxylation is 1. The Labute approximate surface area is 147 Å². The average molecular weight is 362 g/mol. The van der Waals surface area contributed by atoms with Crippen LogP contribution in [0.2, 0.25) is 0 Å². The highest BCUT2D eigenvalue weighted by Crippen LogP contribution is 2.27. The molecule has 0 aliphatic rings. The molecule has 130 valence electrons. The number of fused-ring (bicyclic) bond motifs is 1. The van der Waals surface area contributed by atoms with Crippen molar-refractivity contribution in [2.45, 2.75) is 30.7 Å². The molecule has 0 aliphatic heterocycles. The van der Waals surface area contributed by atoms with Crippen LogP contribution in [0, 0.1) is 0 Å². The van der Waals surface area contributed by atoms with Gasteiger partial charge in [-0.15, -0.1) is 0 Å². The summed E-state index contributed by atoms with van der Waals surface area (Å²) < 4.78 is 27.2. The van der Waals surface area contributed by atoms with Crippen LogP contribution in [0.4, 0.5) is 14.7 Å². The molecule has 8 heteroatoms. The zero-order chi connectivity index (χ0) is 17.8. The first-order valence-corrected chi connectivity index (χ1v) is 8.64. The number of alkyl halides is 2. The number of benzene rings is 1. The fourth-order valence-corrected chi connectivity index (χ4v) is 3.11. The van der Waals surface area contributed by atoms with Crippen LogP contribution >= 0.6 is 11.8 Å². The number of hydrogen-bond acceptors (Lipinski definition) is 4. The summed E-state index contributed by atoms with van der Waals surface area (Å²) in [5.74, 6) is -2.76. The van der Waals surface area contributed by atoms with E-state index in [1.807, 2.05) is 35.8 Å². The molecule has 0 saturated carbocycles. The summed E-state index contributed by atoms with van der Waals surface area (Å²) in [6, 6.07) is 10.6. The van der Waals surface area contributed by atoms with Crippen molar-refractivity contribution in [1.82, 2.24) is 14.5 Å². The fourth-order valence-electron chi connectivity index (χ4n) is 2.53. The van der Waals surface area contributed by atoms with Gasteiger partial charge in [-0.1, -0.05) is 19.1 Å². The van der Waals surface area contributed by atoms with Crippen molar-refractivity contribution >= 4 is 34.7 Å². The van der Waals surface area contributed by atoms with Gasteiger partial charge in [0.15, 0.2) is 0 Å². The molecular formula is C17H16F2N4OS. The number of carbonyl (C=O) groups is 1. The molecule has 0 spiro atoms. The van der Waals surface area contributed by atoms with Gasteiger partial charge in [-0.2, -0.15) is 8.78 Å². The Balaban J connectivity index is 1.94. The highest BCUT2D eigenvalue weighted by molar-refractivity contribution is 7.99. The predicted molar refractivity (Wildman–Crippen MR) is 94.1 cm³/mol. The molecule has 0 radical (unpaired) electrons. The normalized spacial score (nSPS) is 11.2. The molecule has 5 nitrogen and oxygen atoms in total. The summed E-state index contributed by atoms with van der Waals surface area (Å²) in [6.45, 7) is 2.71. The number of hydrogen-bond donors (Lipinski definition) is 1. The van der Waals surface area contributed by atoms with Gasteiger partial charge in [0.1, 0.15) is 5.03 Å². The standard InChI is InChI=1S/C17H16F2N4OS/c1-2-10-23-13-8-4-3-7-12(13)21-17(23)22-14(24)11-6-5-9-20-15(11)25-16(18)19/h3-9,16H,2,10H2,1H3,(H,21,22,24). The first-order valence-electron chi connectivity index (χ1n) is 7.76. The molecular weight excluding hydrogens is 346 g/mol. The Morgan fingerprint density at radius 3 is 2.84 bits per heavy atom. The van der Waals surface area contributed by atoms with E-state index in [9.17, 15) is 13.6 Å². The molecule has 0 saturated heterocycles. The Morgan fingerprint density at radius 1 is 1.28 bits per heavy atom. The number of rotatable bonds is 6. The van der Waals surface area contributed by atoms with Gasteiger partial charge >= 0.3 is 0 Å². The van der Waals surface area contributed by atoms with Gasteiger partial charge in [-0.05, 0) is 42.4 Å². The molecule has 0 fully saturated rings. The molecule has 25 heavy (non-hydrogen) atoms. The smallest absolute Gasteiger partial charge is 0.290 e. The maximum atomic E-state index is 12.7. The van der Waals surface area contributed by atoms with E-state index in [0.717, 1.165) is 17.5 Å². The Kier molecular flexibility index (Phi) is 5.28. The number of imidazole rings is 1. The summed E-state index contributed by atoms with van der Waals surface area (Å²) in [5.41, 5.74) is 1.77. The Bertz CT molecular complexity index is 897. The van der Waals surface area contributed by atoms with Crippen molar-refractivity contribution in [1.29, 1.82) is 0 Å². The van der Waals surface area contributed by atoms with E-state index >= 15 is 0 Å². The largest absolute Gasteiger partial charge is 0.310 e. The van der Waals surface area contributed by atoms with Crippen molar-refractivity contribution in [3.63, 3.8) is 0 Å². The van der Waals surface area contributed by atoms with Crippen molar-refractivity contribution in [3.8, 4) is 0 Å². The van der Waals surface area contributed by atoms with Crippen LogP contribution in [0.1, 0.15) is 23.7 Å². The summed E-state index contributed by atoms with van der Waals surface area (Å²) in [4.78, 5) is 20.9. The summed E-state index contributed by atoms with van der Waals surface area (Å²) >= 11 is 0.251. The molecule has 2 aromatic heterocycles. The monoisotopic (exact) mass is 362 g/mol. The molecule has 1 aromatic carbocycles. The average Bonchev–Trinajstić information content (AvgIpc) is 2.93. The zero-order valence-electron chi connectivity index (χ0n) is 13.4. The number of carbonyl (C=O) groups excluding carboxylic acids is 1. The molecule has 0 bridgehead atoms. The number of anilines is 1. The summed E-state index contributed by atoms with van der Waals surface area (Å²) in [7, 11) is 0. The number of amides is 1. The number of pyridine rings is 1. The zero-order valence-corrected chi connectivity index (χ0v) is 14.3. The van der Waals surface area contributed by atoms with Gasteiger partial charge < -0.3 is 4.57 Å². The fraction of sp³-hybridized carbons (Fsp3) is 0.235. The lowest BCUT2D eigenvalue weighted by molar-refractivity contribution is 0.102. The highest BCUT2D eigenvalue weighted by atomic mass is 32.2. The van der Waals surface area contributed by atoms with Crippen LogP contribution < -0.4 is 5.32 Å². The maximum absolute atomic E-state index is 12.7. The van der Waals surface area contributed by atoms with Crippen LogP contribution in [0.3, 0.4) is 0 Å². The van der Waals surface area contributed by atoms with E-state index in [-0.39, 0.29) is 22.4 Å². The Morgan fingerprint density at radius 2 is 2.08 bits per heavy atom. The van der Waals surface area contributed by atoms with Gasteiger partial charge in [0.05, 0.1) is 16.6 Å². The number of nitrogens with one attached hydrogen (secondary N) is 1. The molecule has 0 unspecified atom stereocenters. The third-order valence-electron chi connectivity index (χ3n) is 3.54. The van der Waals surface area contributed by atoms with Gasteiger partial charge in [0.25, 0.3) is 11.7 Å². The molecule has 2 heterocycles. The van der Waals surface area contributed by atoms with E-state index < -0.39 is 11.7 Å². The van der Waals surface area contributed by atoms with E-state index in [1.165, 1.54) is 12.3 Å². The van der Waals surface area contributed by atoms with Crippen LogP contribution in [0.15, 0.2) is 47.6 Å². The quantitative estimate of drug-likeness (QED) is 0.660. The van der Waals surface area contributed by atoms with E-state index in [2.05, 4.69) is 15.3 Å². The second kappa shape index (κ2) is 7.60. The molecule has 0 aliphatic carbocycles. The molecule has 3 rings (SSSR count). The topological polar surface area (TPSA) is 59.8 Å². The third-order valence-corrected chi connectivity index (χ3v) is 4.27. The molecule has 1 amide bonds. The second-order valence-electron chi connectivity index (χ2n) is 5.26. The van der Waals surface area contributed by atoms with E-state index in [4.69, 9.17) is 0 Å². The van der Waals surface area contributed by atoms with Crippen LogP contribution in [0.5, 0.6) is 0 Å². The molecule has 3 aromatic rings. The lowest BCUT2D eigenvalue weighted by Gasteiger charge is -2.10. The van der Waals surface area contributed by atoms with Crippen LogP contribution in [-0.4, -0.2) is 26.2 Å². The van der Waals surface area contributed by atoms with Crippen LogP contribution in [0.25, 0.3) is 11.0 Å². The number of thioether (sulfide) groups is 1. The molecule has 1 N–H and O–H groups in total. The van der Waals surface area contributed by atoms with E-state index in [1.54, 1.807) is 6.07 Å². The van der Waals surface area contributed by atoms with Gasteiger partial charge in [0, 0.05) is 12.7 Å².